The van der Waals surface area contributed by atoms with Gasteiger partial charge in [-0.25, -0.2) is 13.1 Å². The molecule has 2 rings (SSSR count). The van der Waals surface area contributed by atoms with Gasteiger partial charge in [0.1, 0.15) is 4.90 Å². The Bertz CT molecular complexity index is 735. The molecule has 0 radical (unpaired) electrons. The number of carbonyl (C=O) groups is 1. The number of amides is 1. The number of benzene rings is 1. The van der Waals surface area contributed by atoms with Crippen molar-refractivity contribution in [2.24, 2.45) is 0 Å². The highest BCUT2D eigenvalue weighted by atomic mass is 35.5. The Labute approximate surface area is 153 Å². The van der Waals surface area contributed by atoms with E-state index in [0.717, 1.165) is 19.3 Å². The van der Waals surface area contributed by atoms with E-state index >= 15 is 0 Å². The maximum atomic E-state index is 12.8. The fourth-order valence-electron chi connectivity index (χ4n) is 2.83. The minimum absolute atomic E-state index is 0.00334. The van der Waals surface area contributed by atoms with Gasteiger partial charge in [-0.1, -0.05) is 23.2 Å². The summed E-state index contributed by atoms with van der Waals surface area (Å²) < 4.78 is 27.3. The summed E-state index contributed by atoms with van der Waals surface area (Å²) in [5, 5.41) is 0.155. The number of rotatable bonds is 4. The van der Waals surface area contributed by atoms with E-state index in [1.807, 2.05) is 6.92 Å². The molecule has 1 N–H and O–H groups in total. The summed E-state index contributed by atoms with van der Waals surface area (Å²) in [5.41, 5.74) is 0.166. The third-order valence-corrected chi connectivity index (χ3v) is 6.43. The quantitative estimate of drug-likeness (QED) is 0.849. The van der Waals surface area contributed by atoms with E-state index in [-0.39, 0.29) is 38.5 Å². The minimum atomic E-state index is -3.82. The summed E-state index contributed by atoms with van der Waals surface area (Å²) in [5.74, 6) is -0.259. The highest BCUT2D eigenvalue weighted by Gasteiger charge is 2.28. The first-order valence-electron chi connectivity index (χ1n) is 7.96. The van der Waals surface area contributed by atoms with E-state index in [9.17, 15) is 13.2 Å². The topological polar surface area (TPSA) is 66.5 Å². The maximum Gasteiger partial charge on any atom is 0.255 e. The van der Waals surface area contributed by atoms with Crippen molar-refractivity contribution in [2.75, 3.05) is 6.54 Å². The molecule has 0 bridgehead atoms. The van der Waals surface area contributed by atoms with Gasteiger partial charge in [0, 0.05) is 18.6 Å². The first-order chi connectivity index (χ1) is 11.1. The lowest BCUT2D eigenvalue weighted by atomic mass is 10.0. The predicted octanol–water partition coefficient (Wildman–Crippen LogP) is 3.69. The average Bonchev–Trinajstić information content (AvgIpc) is 2.45. The Kier molecular flexibility index (Phi) is 6.18. The minimum Gasteiger partial charge on any atom is -0.336 e. The van der Waals surface area contributed by atoms with Gasteiger partial charge in [-0.05, 0) is 52.2 Å². The molecule has 1 saturated heterocycles. The smallest absolute Gasteiger partial charge is 0.255 e. The lowest BCUT2D eigenvalue weighted by Gasteiger charge is -2.33. The zero-order valence-corrected chi connectivity index (χ0v) is 16.3. The third-order valence-electron chi connectivity index (χ3n) is 4.00. The monoisotopic (exact) mass is 392 g/mol. The SMILES string of the molecule is CC(C)NS(=O)(=O)c1cc(C(=O)N2CCCCC2C)c(Cl)cc1Cl. The summed E-state index contributed by atoms with van der Waals surface area (Å²) >= 11 is 12.2. The molecule has 1 aliphatic rings. The Balaban J connectivity index is 2.44. The van der Waals surface area contributed by atoms with Crippen molar-refractivity contribution in [3.05, 3.63) is 27.7 Å². The second-order valence-corrected chi connectivity index (χ2v) is 8.88. The fourth-order valence-corrected chi connectivity index (χ4v) is 4.93. The number of piperidine rings is 1. The summed E-state index contributed by atoms with van der Waals surface area (Å²) in [4.78, 5) is 14.4. The molecule has 8 heteroatoms. The summed E-state index contributed by atoms with van der Waals surface area (Å²) in [7, 11) is -3.82. The van der Waals surface area contributed by atoms with E-state index in [4.69, 9.17) is 23.2 Å². The van der Waals surface area contributed by atoms with Gasteiger partial charge in [0.2, 0.25) is 10.0 Å². The van der Waals surface area contributed by atoms with Crippen LogP contribution in [-0.4, -0.2) is 37.9 Å². The van der Waals surface area contributed by atoms with Crippen molar-refractivity contribution < 1.29 is 13.2 Å². The lowest BCUT2D eigenvalue weighted by molar-refractivity contribution is 0.0635. The van der Waals surface area contributed by atoms with Crippen molar-refractivity contribution in [1.82, 2.24) is 9.62 Å². The van der Waals surface area contributed by atoms with Crippen molar-refractivity contribution in [1.29, 1.82) is 0 Å². The standard InChI is InChI=1S/C16H22Cl2N2O3S/c1-10(2)19-24(22,23)15-8-12(13(17)9-14(15)18)16(21)20-7-5-4-6-11(20)3/h8-11,19H,4-7H2,1-3H3. The molecular weight excluding hydrogens is 371 g/mol. The van der Waals surface area contributed by atoms with E-state index in [2.05, 4.69) is 4.72 Å². The molecule has 1 atom stereocenters. The number of carbonyl (C=O) groups excluding carboxylic acids is 1. The van der Waals surface area contributed by atoms with Crippen LogP contribution in [0.3, 0.4) is 0 Å². The Morgan fingerprint density at radius 2 is 1.92 bits per heavy atom. The summed E-state index contributed by atoms with van der Waals surface area (Å²) in [6, 6.07) is 2.41. The van der Waals surface area contributed by atoms with Crippen LogP contribution in [0.4, 0.5) is 0 Å². The first-order valence-corrected chi connectivity index (χ1v) is 10.2. The van der Waals surface area contributed by atoms with E-state index in [1.54, 1.807) is 18.7 Å². The Morgan fingerprint density at radius 1 is 1.25 bits per heavy atom. The molecule has 1 heterocycles. The first kappa shape index (κ1) is 19.5. The lowest BCUT2D eigenvalue weighted by Crippen LogP contribution is -2.42. The number of hydrogen-bond acceptors (Lipinski definition) is 3. The van der Waals surface area contributed by atoms with Crippen LogP contribution in [0.25, 0.3) is 0 Å². The second-order valence-electron chi connectivity index (χ2n) is 6.38. The number of nitrogens with zero attached hydrogens (tertiary/aromatic N) is 1. The highest BCUT2D eigenvalue weighted by molar-refractivity contribution is 7.89. The number of sulfonamides is 1. The molecule has 1 aromatic rings. The number of hydrogen-bond donors (Lipinski definition) is 1. The molecule has 0 aliphatic carbocycles. The molecule has 1 aliphatic heterocycles. The molecule has 1 unspecified atom stereocenters. The second kappa shape index (κ2) is 7.60. The zero-order chi connectivity index (χ0) is 18.1. The number of likely N-dealkylation sites (tertiary alicyclic amines) is 1. The molecule has 24 heavy (non-hydrogen) atoms. The van der Waals surface area contributed by atoms with Gasteiger partial charge in [-0.15, -0.1) is 0 Å². The van der Waals surface area contributed by atoms with Gasteiger partial charge in [0.05, 0.1) is 15.6 Å². The van der Waals surface area contributed by atoms with E-state index in [0.29, 0.717) is 6.54 Å². The average molecular weight is 393 g/mol. The third kappa shape index (κ3) is 4.23. The maximum absolute atomic E-state index is 12.8. The van der Waals surface area contributed by atoms with Crippen LogP contribution in [0.15, 0.2) is 17.0 Å². The van der Waals surface area contributed by atoms with Crippen LogP contribution in [0.1, 0.15) is 50.4 Å². The van der Waals surface area contributed by atoms with Crippen LogP contribution in [-0.2, 0) is 10.0 Å². The van der Waals surface area contributed by atoms with Gasteiger partial charge in [0.15, 0.2) is 0 Å². The van der Waals surface area contributed by atoms with Gasteiger partial charge in [-0.3, -0.25) is 4.79 Å². The van der Waals surface area contributed by atoms with Crippen LogP contribution < -0.4 is 4.72 Å². The molecule has 0 spiro atoms. The van der Waals surface area contributed by atoms with Gasteiger partial charge >= 0.3 is 0 Å². The predicted molar refractivity (Wildman–Crippen MR) is 96.3 cm³/mol. The molecule has 1 amide bonds. The van der Waals surface area contributed by atoms with Crippen LogP contribution in [0, 0.1) is 0 Å². The summed E-state index contributed by atoms with van der Waals surface area (Å²) in [6.07, 6.45) is 2.94. The molecule has 134 valence electrons. The van der Waals surface area contributed by atoms with Crippen molar-refractivity contribution in [2.45, 2.75) is 57.0 Å². The molecule has 0 saturated carbocycles. The van der Waals surface area contributed by atoms with Gasteiger partial charge in [0.25, 0.3) is 5.91 Å². The van der Waals surface area contributed by atoms with Crippen molar-refractivity contribution in [3.63, 3.8) is 0 Å². The van der Waals surface area contributed by atoms with E-state index < -0.39 is 10.0 Å². The number of halogens is 2. The molecule has 1 fully saturated rings. The van der Waals surface area contributed by atoms with Gasteiger partial charge < -0.3 is 4.90 Å². The summed E-state index contributed by atoms with van der Waals surface area (Å²) in [6.45, 7) is 6.05. The highest BCUT2D eigenvalue weighted by Crippen LogP contribution is 2.31. The van der Waals surface area contributed by atoms with Gasteiger partial charge in [-0.2, -0.15) is 0 Å². The largest absolute Gasteiger partial charge is 0.336 e. The van der Waals surface area contributed by atoms with Crippen LogP contribution in [0.5, 0.6) is 0 Å². The normalized spacial score (nSPS) is 18.9. The molecule has 5 nitrogen and oxygen atoms in total. The Morgan fingerprint density at radius 3 is 2.50 bits per heavy atom. The Hall–Kier alpha value is -0.820. The fraction of sp³-hybridized carbons (Fsp3) is 0.562. The van der Waals surface area contributed by atoms with Crippen molar-refractivity contribution >= 4 is 39.1 Å². The molecule has 1 aromatic carbocycles. The zero-order valence-electron chi connectivity index (χ0n) is 14.0. The number of nitrogens with one attached hydrogen (secondary N) is 1. The molecular formula is C16H22Cl2N2O3S. The van der Waals surface area contributed by atoms with Crippen LogP contribution >= 0.6 is 23.2 Å². The van der Waals surface area contributed by atoms with E-state index in [1.165, 1.54) is 12.1 Å². The van der Waals surface area contributed by atoms with Crippen LogP contribution in [0.2, 0.25) is 10.0 Å². The molecule has 0 aromatic heterocycles. The van der Waals surface area contributed by atoms with Crippen molar-refractivity contribution in [3.8, 4) is 0 Å².